The molecule has 0 radical (unpaired) electrons. The highest BCUT2D eigenvalue weighted by molar-refractivity contribution is 7.91. The number of nitrogens with one attached hydrogen (secondary N) is 1. The van der Waals surface area contributed by atoms with Crippen molar-refractivity contribution in [2.24, 2.45) is 5.14 Å². The standard InChI is InChI=1S/C16H13FN2O4S2/c17-11-3-1-10(2-4-11)13-6-7-14(23-13)16(20)19-9-12-5-8-15(24-12)25(18,21)22/h1-8H,9H2,(H,19,20)(H2,18,21,22). The van der Waals surface area contributed by atoms with Gasteiger partial charge in [-0.15, -0.1) is 11.3 Å². The first kappa shape index (κ1) is 17.3. The van der Waals surface area contributed by atoms with Crippen LogP contribution in [0.25, 0.3) is 11.3 Å². The molecule has 0 aliphatic carbocycles. The molecule has 0 saturated heterocycles. The fourth-order valence-corrected chi connectivity index (χ4v) is 3.81. The van der Waals surface area contributed by atoms with Crippen molar-refractivity contribution in [2.75, 3.05) is 0 Å². The van der Waals surface area contributed by atoms with Crippen molar-refractivity contribution in [3.05, 3.63) is 65.0 Å². The number of carbonyl (C=O) groups is 1. The van der Waals surface area contributed by atoms with Crippen LogP contribution in [0.2, 0.25) is 0 Å². The van der Waals surface area contributed by atoms with Gasteiger partial charge < -0.3 is 9.73 Å². The molecule has 0 fully saturated rings. The third-order valence-electron chi connectivity index (χ3n) is 3.30. The summed E-state index contributed by atoms with van der Waals surface area (Å²) in [6.07, 6.45) is 0. The molecule has 1 amide bonds. The maximum absolute atomic E-state index is 12.9. The summed E-state index contributed by atoms with van der Waals surface area (Å²) in [6, 6.07) is 11.8. The molecule has 0 aliphatic rings. The number of thiophene rings is 1. The number of halogens is 1. The minimum Gasteiger partial charge on any atom is -0.451 e. The lowest BCUT2D eigenvalue weighted by molar-refractivity contribution is 0.0924. The van der Waals surface area contributed by atoms with Crippen LogP contribution in [0.4, 0.5) is 4.39 Å². The molecule has 0 spiro atoms. The number of primary sulfonamides is 1. The quantitative estimate of drug-likeness (QED) is 0.710. The molecule has 1 aromatic carbocycles. The van der Waals surface area contributed by atoms with E-state index in [4.69, 9.17) is 9.56 Å². The third kappa shape index (κ3) is 4.13. The molecule has 0 saturated carbocycles. The number of benzene rings is 1. The Labute approximate surface area is 147 Å². The minimum atomic E-state index is -3.74. The highest BCUT2D eigenvalue weighted by atomic mass is 32.2. The molecular formula is C16H13FN2O4S2. The topological polar surface area (TPSA) is 102 Å². The molecule has 25 heavy (non-hydrogen) atoms. The highest BCUT2D eigenvalue weighted by Gasteiger charge is 2.14. The summed E-state index contributed by atoms with van der Waals surface area (Å²) in [5.74, 6) is -0.262. The van der Waals surface area contributed by atoms with Crippen LogP contribution in [-0.4, -0.2) is 14.3 Å². The Bertz CT molecular complexity index is 1010. The van der Waals surface area contributed by atoms with Gasteiger partial charge in [0.05, 0.1) is 6.54 Å². The van der Waals surface area contributed by atoms with Crippen molar-refractivity contribution in [2.45, 2.75) is 10.8 Å². The summed E-state index contributed by atoms with van der Waals surface area (Å²) in [4.78, 5) is 12.8. The van der Waals surface area contributed by atoms with Gasteiger partial charge in [0.1, 0.15) is 15.8 Å². The third-order valence-corrected chi connectivity index (χ3v) is 5.82. The monoisotopic (exact) mass is 380 g/mol. The number of rotatable bonds is 5. The average Bonchev–Trinajstić information content (AvgIpc) is 3.22. The van der Waals surface area contributed by atoms with E-state index in [1.807, 2.05) is 0 Å². The molecule has 0 unspecified atom stereocenters. The van der Waals surface area contributed by atoms with Crippen LogP contribution in [0.3, 0.4) is 0 Å². The Balaban J connectivity index is 1.66. The van der Waals surface area contributed by atoms with Crippen LogP contribution < -0.4 is 10.5 Å². The fourth-order valence-electron chi connectivity index (χ4n) is 2.09. The molecule has 0 atom stereocenters. The highest BCUT2D eigenvalue weighted by Crippen LogP contribution is 2.23. The number of hydrogen-bond acceptors (Lipinski definition) is 5. The predicted molar refractivity (Wildman–Crippen MR) is 91.0 cm³/mol. The lowest BCUT2D eigenvalue weighted by Crippen LogP contribution is -2.21. The van der Waals surface area contributed by atoms with E-state index in [0.717, 1.165) is 11.3 Å². The molecule has 2 heterocycles. The molecule has 3 aromatic rings. The Morgan fingerprint density at radius 3 is 2.48 bits per heavy atom. The van der Waals surface area contributed by atoms with Gasteiger partial charge in [0.25, 0.3) is 5.91 Å². The maximum atomic E-state index is 12.9. The van der Waals surface area contributed by atoms with E-state index in [9.17, 15) is 17.6 Å². The normalized spacial score (nSPS) is 11.4. The molecular weight excluding hydrogens is 367 g/mol. The number of amides is 1. The second-order valence-corrected chi connectivity index (χ2v) is 8.08. The summed E-state index contributed by atoms with van der Waals surface area (Å²) in [5.41, 5.74) is 0.650. The van der Waals surface area contributed by atoms with Crippen molar-refractivity contribution in [3.8, 4) is 11.3 Å². The van der Waals surface area contributed by atoms with Crippen LogP contribution in [-0.2, 0) is 16.6 Å². The minimum absolute atomic E-state index is 0.0355. The number of furan rings is 1. The summed E-state index contributed by atoms with van der Waals surface area (Å²) < 4.78 is 40.9. The number of nitrogens with two attached hydrogens (primary N) is 1. The summed E-state index contributed by atoms with van der Waals surface area (Å²) in [6.45, 7) is 0.144. The van der Waals surface area contributed by atoms with Gasteiger partial charge in [-0.05, 0) is 48.5 Å². The van der Waals surface area contributed by atoms with Crippen molar-refractivity contribution >= 4 is 27.3 Å². The predicted octanol–water partition coefficient (Wildman–Crippen LogP) is 2.72. The van der Waals surface area contributed by atoms with Gasteiger partial charge in [-0.1, -0.05) is 0 Å². The Morgan fingerprint density at radius 2 is 1.84 bits per heavy atom. The van der Waals surface area contributed by atoms with Crippen LogP contribution >= 0.6 is 11.3 Å². The zero-order chi connectivity index (χ0) is 18.0. The van der Waals surface area contributed by atoms with E-state index in [-0.39, 0.29) is 22.3 Å². The smallest absolute Gasteiger partial charge is 0.287 e. The Hall–Kier alpha value is -2.49. The van der Waals surface area contributed by atoms with Crippen molar-refractivity contribution in [3.63, 3.8) is 0 Å². The molecule has 130 valence electrons. The summed E-state index contributed by atoms with van der Waals surface area (Å²) >= 11 is 0.987. The van der Waals surface area contributed by atoms with Gasteiger partial charge >= 0.3 is 0 Å². The fraction of sp³-hybridized carbons (Fsp3) is 0.0625. The van der Waals surface area contributed by atoms with Gasteiger partial charge in [-0.2, -0.15) is 0 Å². The van der Waals surface area contributed by atoms with E-state index in [1.54, 1.807) is 24.3 Å². The van der Waals surface area contributed by atoms with E-state index in [2.05, 4.69) is 5.32 Å². The van der Waals surface area contributed by atoms with Gasteiger partial charge in [0, 0.05) is 10.4 Å². The van der Waals surface area contributed by atoms with E-state index in [1.165, 1.54) is 24.3 Å². The summed E-state index contributed by atoms with van der Waals surface area (Å²) in [5, 5.41) is 7.68. The number of sulfonamides is 1. The lowest BCUT2D eigenvalue weighted by atomic mass is 10.2. The molecule has 3 N–H and O–H groups in total. The largest absolute Gasteiger partial charge is 0.451 e. The Morgan fingerprint density at radius 1 is 1.12 bits per heavy atom. The van der Waals surface area contributed by atoms with Gasteiger partial charge in [-0.25, -0.2) is 17.9 Å². The van der Waals surface area contributed by atoms with Gasteiger partial charge in [0.2, 0.25) is 10.0 Å². The van der Waals surface area contributed by atoms with Gasteiger partial charge in [0.15, 0.2) is 5.76 Å². The summed E-state index contributed by atoms with van der Waals surface area (Å²) in [7, 11) is -3.74. The number of hydrogen-bond donors (Lipinski definition) is 2. The van der Waals surface area contributed by atoms with E-state index in [0.29, 0.717) is 16.2 Å². The van der Waals surface area contributed by atoms with Crippen LogP contribution in [0, 0.1) is 5.82 Å². The second-order valence-electron chi connectivity index (χ2n) is 5.12. The first-order valence-corrected chi connectivity index (χ1v) is 9.45. The second kappa shape index (κ2) is 6.79. The van der Waals surface area contributed by atoms with E-state index >= 15 is 0 Å². The maximum Gasteiger partial charge on any atom is 0.287 e. The van der Waals surface area contributed by atoms with Crippen molar-refractivity contribution in [1.82, 2.24) is 5.32 Å². The molecule has 9 heteroatoms. The lowest BCUT2D eigenvalue weighted by Gasteiger charge is -2.01. The SMILES string of the molecule is NS(=O)(=O)c1ccc(CNC(=O)c2ccc(-c3ccc(F)cc3)o2)s1. The zero-order valence-corrected chi connectivity index (χ0v) is 14.4. The first-order chi connectivity index (χ1) is 11.8. The molecule has 3 rings (SSSR count). The average molecular weight is 380 g/mol. The molecule has 2 aromatic heterocycles. The van der Waals surface area contributed by atoms with Crippen molar-refractivity contribution < 1.29 is 22.0 Å². The van der Waals surface area contributed by atoms with Crippen LogP contribution in [0.15, 0.2) is 57.2 Å². The molecule has 0 bridgehead atoms. The molecule has 0 aliphatic heterocycles. The van der Waals surface area contributed by atoms with Crippen LogP contribution in [0.1, 0.15) is 15.4 Å². The Kier molecular flexibility index (Phi) is 4.71. The number of carbonyl (C=O) groups excluding carboxylic acids is 1. The van der Waals surface area contributed by atoms with Gasteiger partial charge in [-0.3, -0.25) is 4.79 Å². The van der Waals surface area contributed by atoms with E-state index < -0.39 is 15.9 Å². The van der Waals surface area contributed by atoms with Crippen LogP contribution in [0.5, 0.6) is 0 Å². The molecule has 6 nitrogen and oxygen atoms in total. The van der Waals surface area contributed by atoms with Crippen molar-refractivity contribution in [1.29, 1.82) is 0 Å². The first-order valence-electron chi connectivity index (χ1n) is 7.08. The zero-order valence-electron chi connectivity index (χ0n) is 12.7.